The van der Waals surface area contributed by atoms with Gasteiger partial charge in [-0.15, -0.1) is 0 Å². The zero-order valence-corrected chi connectivity index (χ0v) is 16.0. The molecule has 0 radical (unpaired) electrons. The Morgan fingerprint density at radius 2 is 1.97 bits per heavy atom. The molecule has 2 aromatic carbocycles. The van der Waals surface area contributed by atoms with Gasteiger partial charge in [0.05, 0.1) is 23.5 Å². The van der Waals surface area contributed by atoms with Gasteiger partial charge in [-0.05, 0) is 36.8 Å². The standard InChI is InChI=1S/C22H17NO7/c1-2-26-21(24)18-16(11-7-8-14-15(9-11)28-10-27-14)17-19(30-20(18)23)12-5-3-4-6-13(12)29-22(17)25/h3-9,16H,2,10,23H2,1H3/t16-/m0/s1. The van der Waals surface area contributed by atoms with Gasteiger partial charge >= 0.3 is 11.6 Å². The predicted octanol–water partition coefficient (Wildman–Crippen LogP) is 2.78. The molecule has 30 heavy (non-hydrogen) atoms. The molecule has 1 atom stereocenters. The molecule has 0 aliphatic carbocycles. The van der Waals surface area contributed by atoms with Gasteiger partial charge in [0.1, 0.15) is 11.2 Å². The minimum absolute atomic E-state index is 0.0331. The lowest BCUT2D eigenvalue weighted by Crippen LogP contribution is -2.31. The molecule has 0 amide bonds. The number of hydrogen-bond donors (Lipinski definition) is 1. The molecule has 152 valence electrons. The van der Waals surface area contributed by atoms with Crippen molar-refractivity contribution < 1.29 is 28.2 Å². The molecule has 0 unspecified atom stereocenters. The smallest absolute Gasteiger partial charge is 0.344 e. The van der Waals surface area contributed by atoms with Gasteiger partial charge in [0, 0.05) is 0 Å². The minimum Gasteiger partial charge on any atom is -0.462 e. The molecule has 8 heteroatoms. The van der Waals surface area contributed by atoms with Crippen LogP contribution < -0.4 is 25.6 Å². The van der Waals surface area contributed by atoms with Crippen LogP contribution >= 0.6 is 0 Å². The summed E-state index contributed by atoms with van der Waals surface area (Å²) < 4.78 is 27.3. The lowest BCUT2D eigenvalue weighted by molar-refractivity contribution is -0.139. The van der Waals surface area contributed by atoms with Crippen LogP contribution in [0, 0.1) is 0 Å². The number of ether oxygens (including phenoxy) is 4. The summed E-state index contributed by atoms with van der Waals surface area (Å²) in [7, 11) is 0. The number of nitrogens with two attached hydrogens (primary N) is 1. The molecule has 0 fully saturated rings. The van der Waals surface area contributed by atoms with Crippen LogP contribution in [0.2, 0.25) is 0 Å². The van der Waals surface area contributed by atoms with Gasteiger partial charge in [0.25, 0.3) is 0 Å². The van der Waals surface area contributed by atoms with Crippen molar-refractivity contribution in [3.8, 4) is 17.2 Å². The Hall–Kier alpha value is -3.94. The van der Waals surface area contributed by atoms with E-state index >= 15 is 0 Å². The summed E-state index contributed by atoms with van der Waals surface area (Å²) in [6, 6.07) is 12.1. The van der Waals surface area contributed by atoms with Crippen molar-refractivity contribution >= 4 is 16.9 Å². The first kappa shape index (κ1) is 18.1. The van der Waals surface area contributed by atoms with Crippen molar-refractivity contribution in [1.82, 2.24) is 0 Å². The van der Waals surface area contributed by atoms with E-state index in [9.17, 15) is 9.59 Å². The van der Waals surface area contributed by atoms with Crippen molar-refractivity contribution in [2.45, 2.75) is 12.8 Å². The number of esters is 1. The molecule has 0 spiro atoms. The van der Waals surface area contributed by atoms with E-state index in [0.29, 0.717) is 28.0 Å². The van der Waals surface area contributed by atoms with E-state index in [0.717, 1.165) is 0 Å². The summed E-state index contributed by atoms with van der Waals surface area (Å²) in [5, 5.41) is 0.573. The van der Waals surface area contributed by atoms with Gasteiger partial charge < -0.3 is 29.1 Å². The van der Waals surface area contributed by atoms with E-state index in [-0.39, 0.29) is 36.2 Å². The summed E-state index contributed by atoms with van der Waals surface area (Å²) >= 11 is 0. The highest BCUT2D eigenvalue weighted by molar-refractivity contribution is 5.94. The van der Waals surface area contributed by atoms with Gasteiger partial charge in [-0.2, -0.15) is 0 Å². The van der Waals surface area contributed by atoms with E-state index in [1.165, 1.54) is 0 Å². The fourth-order valence-corrected chi connectivity index (χ4v) is 3.80. The zero-order valence-electron chi connectivity index (χ0n) is 16.0. The van der Waals surface area contributed by atoms with Crippen LogP contribution in [0.15, 0.2) is 63.1 Å². The first-order valence-corrected chi connectivity index (χ1v) is 9.38. The Labute approximate surface area is 170 Å². The van der Waals surface area contributed by atoms with E-state index in [4.69, 9.17) is 29.1 Å². The Morgan fingerprint density at radius 1 is 1.17 bits per heavy atom. The van der Waals surface area contributed by atoms with Crippen LogP contribution in [-0.2, 0) is 9.53 Å². The van der Waals surface area contributed by atoms with E-state index in [1.807, 2.05) is 0 Å². The molecular formula is C22H17NO7. The molecule has 0 saturated heterocycles. The maximum absolute atomic E-state index is 13.0. The van der Waals surface area contributed by atoms with Crippen molar-refractivity contribution in [3.05, 3.63) is 75.5 Å². The normalized spacial score (nSPS) is 16.9. The lowest BCUT2D eigenvalue weighted by Gasteiger charge is -2.28. The van der Waals surface area contributed by atoms with E-state index < -0.39 is 17.5 Å². The summed E-state index contributed by atoms with van der Waals surface area (Å²) in [5.41, 5.74) is 6.71. The predicted molar refractivity (Wildman–Crippen MR) is 105 cm³/mol. The van der Waals surface area contributed by atoms with Gasteiger partial charge in [-0.3, -0.25) is 0 Å². The summed E-state index contributed by atoms with van der Waals surface area (Å²) in [4.78, 5) is 25.8. The summed E-state index contributed by atoms with van der Waals surface area (Å²) in [5.74, 6) is -0.313. The highest BCUT2D eigenvalue weighted by Crippen LogP contribution is 2.46. The van der Waals surface area contributed by atoms with Gasteiger partial charge in [0.15, 0.2) is 17.2 Å². The maximum Gasteiger partial charge on any atom is 0.344 e. The van der Waals surface area contributed by atoms with E-state index in [2.05, 4.69) is 0 Å². The van der Waals surface area contributed by atoms with Crippen LogP contribution in [0.25, 0.3) is 11.0 Å². The molecule has 0 bridgehead atoms. The van der Waals surface area contributed by atoms with Crippen LogP contribution in [0.1, 0.15) is 24.0 Å². The van der Waals surface area contributed by atoms with Crippen LogP contribution in [0.3, 0.4) is 0 Å². The number of benzene rings is 2. The third-order valence-electron chi connectivity index (χ3n) is 5.08. The fourth-order valence-electron chi connectivity index (χ4n) is 3.80. The van der Waals surface area contributed by atoms with Gasteiger partial charge in [-0.1, -0.05) is 18.2 Å². The highest BCUT2D eigenvalue weighted by atomic mass is 16.7. The van der Waals surface area contributed by atoms with Crippen LogP contribution in [-0.4, -0.2) is 19.4 Å². The maximum atomic E-state index is 13.0. The second kappa shape index (κ2) is 6.84. The van der Waals surface area contributed by atoms with Gasteiger partial charge in [0.2, 0.25) is 12.7 Å². The first-order chi connectivity index (χ1) is 14.6. The second-order valence-electron chi connectivity index (χ2n) is 6.77. The van der Waals surface area contributed by atoms with Crippen molar-refractivity contribution in [3.63, 3.8) is 0 Å². The Morgan fingerprint density at radius 3 is 2.80 bits per heavy atom. The zero-order chi connectivity index (χ0) is 20.8. The molecule has 2 N–H and O–H groups in total. The monoisotopic (exact) mass is 407 g/mol. The second-order valence-corrected chi connectivity index (χ2v) is 6.77. The minimum atomic E-state index is -0.858. The quantitative estimate of drug-likeness (QED) is 0.521. The first-order valence-electron chi connectivity index (χ1n) is 9.38. The molecule has 5 rings (SSSR count). The number of carbonyl (C=O) groups is 1. The molecular weight excluding hydrogens is 390 g/mol. The summed E-state index contributed by atoms with van der Waals surface area (Å²) in [6.07, 6.45) is 0. The average molecular weight is 407 g/mol. The SMILES string of the molecule is CCOC(=O)C1=C(N)Oc2c(c(=O)oc3ccccc23)[C@@H]1c1ccc2c(c1)OCO2. The molecule has 0 saturated carbocycles. The van der Waals surface area contributed by atoms with Crippen molar-refractivity contribution in [2.75, 3.05) is 13.4 Å². The third kappa shape index (κ3) is 2.68. The Balaban J connectivity index is 1.79. The van der Waals surface area contributed by atoms with Crippen LogP contribution in [0.5, 0.6) is 17.2 Å². The molecule has 1 aromatic heterocycles. The summed E-state index contributed by atoms with van der Waals surface area (Å²) in [6.45, 7) is 1.92. The lowest BCUT2D eigenvalue weighted by atomic mass is 9.83. The number of carbonyl (C=O) groups excluding carboxylic acids is 1. The fraction of sp³-hybridized carbons (Fsp3) is 0.182. The Bertz CT molecular complexity index is 1270. The number of rotatable bonds is 3. The highest BCUT2D eigenvalue weighted by Gasteiger charge is 2.39. The molecule has 2 aliphatic rings. The van der Waals surface area contributed by atoms with Crippen LogP contribution in [0.4, 0.5) is 0 Å². The van der Waals surface area contributed by atoms with Crippen molar-refractivity contribution in [1.29, 1.82) is 0 Å². The number of fused-ring (bicyclic) bond motifs is 4. The molecule has 2 aliphatic heterocycles. The molecule has 3 heterocycles. The molecule has 3 aromatic rings. The van der Waals surface area contributed by atoms with Gasteiger partial charge in [-0.25, -0.2) is 9.59 Å². The molecule has 8 nitrogen and oxygen atoms in total. The number of hydrogen-bond acceptors (Lipinski definition) is 8. The Kier molecular flexibility index (Phi) is 4.13. The van der Waals surface area contributed by atoms with Crippen molar-refractivity contribution in [2.24, 2.45) is 5.73 Å². The number of para-hydroxylation sites is 1. The third-order valence-corrected chi connectivity index (χ3v) is 5.08. The topological polar surface area (TPSA) is 110 Å². The largest absolute Gasteiger partial charge is 0.462 e. The average Bonchev–Trinajstić information content (AvgIpc) is 3.21. The van der Waals surface area contributed by atoms with E-state index in [1.54, 1.807) is 49.4 Å².